The predicted octanol–water partition coefficient (Wildman–Crippen LogP) is 1.97. The third-order valence-electron chi connectivity index (χ3n) is 3.09. The van der Waals surface area contributed by atoms with Gasteiger partial charge in [0, 0.05) is 12.1 Å². The van der Waals surface area contributed by atoms with Crippen molar-refractivity contribution in [1.29, 1.82) is 0 Å². The van der Waals surface area contributed by atoms with Gasteiger partial charge in [0.25, 0.3) is 11.5 Å². The highest BCUT2D eigenvalue weighted by atomic mass is 79.9. The van der Waals surface area contributed by atoms with Crippen LogP contribution in [0.25, 0.3) is 0 Å². The molecule has 1 aliphatic heterocycles. The Balaban J connectivity index is 2.15. The summed E-state index contributed by atoms with van der Waals surface area (Å²) >= 11 is 3.23. The maximum Gasteiger partial charge on any atom is 0.356 e. The van der Waals surface area contributed by atoms with E-state index in [0.717, 1.165) is 9.37 Å². The molecule has 7 nitrogen and oxygen atoms in total. The van der Waals surface area contributed by atoms with Crippen LogP contribution in [0.1, 0.15) is 20.7 Å². The number of nitrogens with one attached hydrogen (secondary N) is 1. The number of hydrogen-bond donors (Lipinski definition) is 0. The number of carbonyl (C=O) groups excluding carboxylic acids is 2. The van der Waals surface area contributed by atoms with Crippen LogP contribution in [0.5, 0.6) is 0 Å². The van der Waals surface area contributed by atoms with Gasteiger partial charge in [0.2, 0.25) is 0 Å². The molecule has 0 radical (unpaired) electrons. The number of pyridine rings is 1. The van der Waals surface area contributed by atoms with E-state index in [4.69, 9.17) is 0 Å². The number of H-pyrrole nitrogens is 1. The minimum absolute atomic E-state index is 0.0329. The molecule has 3 rings (SSSR count). The molecule has 2 aromatic rings. The molecule has 104 valence electrons. The third-order valence-corrected chi connectivity index (χ3v) is 3.58. The molecule has 1 aromatic heterocycles. The quantitative estimate of drug-likeness (QED) is 0.471. The van der Waals surface area contributed by atoms with Gasteiger partial charge < -0.3 is 0 Å². The summed E-state index contributed by atoms with van der Waals surface area (Å²) in [5.41, 5.74) is -0.514. The van der Waals surface area contributed by atoms with Gasteiger partial charge >= 0.3 is 11.8 Å². The fourth-order valence-corrected chi connectivity index (χ4v) is 2.42. The van der Waals surface area contributed by atoms with Gasteiger partial charge in [-0.15, -0.1) is 4.90 Å². The molecule has 8 heteroatoms. The summed E-state index contributed by atoms with van der Waals surface area (Å²) in [6.07, 6.45) is 1.56. The van der Waals surface area contributed by atoms with Crippen LogP contribution >= 0.6 is 15.9 Å². The molecule has 0 atom stereocenters. The molecular weight excluding hydrogens is 342 g/mol. The number of nitro benzene ring substituents is 1. The average molecular weight is 349 g/mol. The summed E-state index contributed by atoms with van der Waals surface area (Å²) < 4.78 is 0.744. The number of nitrogens with zero attached hydrogens (tertiary/aromatic N) is 2. The Morgan fingerprint density at radius 3 is 2.52 bits per heavy atom. The van der Waals surface area contributed by atoms with Crippen LogP contribution in [0.4, 0.5) is 11.5 Å². The SMILES string of the molecule is O=C1c2cccc([N+](=O)[O-])c2C(=O)N1c1ccc(Br)c[nH+]1. The topological polar surface area (TPSA) is 94.7 Å². The van der Waals surface area contributed by atoms with Crippen molar-refractivity contribution >= 4 is 39.2 Å². The molecule has 1 N–H and O–H groups in total. The number of hydrogen-bond acceptors (Lipinski definition) is 4. The average Bonchev–Trinajstić information content (AvgIpc) is 2.72. The standard InChI is InChI=1S/C13H6BrN3O4/c14-7-4-5-10(15-6-7)16-12(18)8-2-1-3-9(17(20)21)11(8)13(16)19/h1-6H/p+1. The van der Waals surface area contributed by atoms with Crippen molar-refractivity contribution in [2.24, 2.45) is 0 Å². The molecular formula is C13H7BrN3O4+. The highest BCUT2D eigenvalue weighted by Gasteiger charge is 2.48. The van der Waals surface area contributed by atoms with E-state index in [1.54, 1.807) is 12.3 Å². The van der Waals surface area contributed by atoms with Gasteiger partial charge in [-0.2, -0.15) is 0 Å². The number of aromatic amines is 1. The van der Waals surface area contributed by atoms with Gasteiger partial charge in [-0.05, 0) is 28.1 Å². The Morgan fingerprint density at radius 1 is 1.14 bits per heavy atom. The van der Waals surface area contributed by atoms with Crippen molar-refractivity contribution in [2.75, 3.05) is 4.90 Å². The normalized spacial score (nSPS) is 13.5. The molecule has 2 heterocycles. The van der Waals surface area contributed by atoms with E-state index < -0.39 is 16.7 Å². The maximum absolute atomic E-state index is 12.4. The molecule has 0 unspecified atom stereocenters. The first-order chi connectivity index (χ1) is 10.0. The lowest BCUT2D eigenvalue weighted by Gasteiger charge is -2.03. The Labute approximate surface area is 126 Å². The number of nitro groups is 1. The van der Waals surface area contributed by atoms with Crippen molar-refractivity contribution < 1.29 is 19.5 Å². The van der Waals surface area contributed by atoms with E-state index in [-0.39, 0.29) is 22.6 Å². The zero-order valence-electron chi connectivity index (χ0n) is 10.4. The molecule has 0 saturated heterocycles. The van der Waals surface area contributed by atoms with Crippen LogP contribution in [0, 0.1) is 10.1 Å². The van der Waals surface area contributed by atoms with E-state index in [0.29, 0.717) is 0 Å². The zero-order valence-corrected chi connectivity index (χ0v) is 12.0. The Hall–Kier alpha value is -2.61. The monoisotopic (exact) mass is 348 g/mol. The number of amides is 2. The van der Waals surface area contributed by atoms with Crippen LogP contribution in [-0.2, 0) is 0 Å². The van der Waals surface area contributed by atoms with Gasteiger partial charge in [0.05, 0.1) is 15.0 Å². The van der Waals surface area contributed by atoms with Crippen molar-refractivity contribution in [3.8, 4) is 0 Å². The van der Waals surface area contributed by atoms with E-state index in [2.05, 4.69) is 20.9 Å². The Kier molecular flexibility index (Phi) is 3.02. The van der Waals surface area contributed by atoms with Crippen LogP contribution in [0.15, 0.2) is 41.0 Å². The van der Waals surface area contributed by atoms with Gasteiger partial charge in [-0.25, -0.2) is 14.6 Å². The first-order valence-electron chi connectivity index (χ1n) is 5.84. The minimum Gasteiger partial charge on any atom is -0.258 e. The second-order valence-corrected chi connectivity index (χ2v) is 5.21. The third kappa shape index (κ3) is 2.00. The number of anilines is 1. The molecule has 2 amide bonds. The number of rotatable bonds is 2. The molecule has 0 saturated carbocycles. The first kappa shape index (κ1) is 13.4. The maximum atomic E-state index is 12.4. The molecule has 0 aliphatic carbocycles. The lowest BCUT2D eigenvalue weighted by atomic mass is 10.1. The fourth-order valence-electron chi connectivity index (χ4n) is 2.18. The molecule has 0 spiro atoms. The van der Waals surface area contributed by atoms with Gasteiger partial charge in [0.15, 0.2) is 5.56 Å². The molecule has 21 heavy (non-hydrogen) atoms. The number of aromatic nitrogens is 1. The number of fused-ring (bicyclic) bond motifs is 1. The largest absolute Gasteiger partial charge is 0.356 e. The van der Waals surface area contributed by atoms with E-state index in [1.165, 1.54) is 24.3 Å². The molecule has 0 fully saturated rings. The van der Waals surface area contributed by atoms with Crippen molar-refractivity contribution in [1.82, 2.24) is 0 Å². The minimum atomic E-state index is -0.708. The first-order valence-corrected chi connectivity index (χ1v) is 6.63. The second-order valence-electron chi connectivity index (χ2n) is 4.29. The molecule has 1 aromatic carbocycles. The van der Waals surface area contributed by atoms with Crippen LogP contribution in [0.3, 0.4) is 0 Å². The number of halogens is 1. The Bertz CT molecular complexity index is 789. The summed E-state index contributed by atoms with van der Waals surface area (Å²) in [7, 11) is 0. The zero-order chi connectivity index (χ0) is 15.1. The predicted molar refractivity (Wildman–Crippen MR) is 74.9 cm³/mol. The lowest BCUT2D eigenvalue weighted by Crippen LogP contribution is -2.34. The number of benzene rings is 1. The Morgan fingerprint density at radius 2 is 1.90 bits per heavy atom. The summed E-state index contributed by atoms with van der Waals surface area (Å²) in [6, 6.07) is 7.19. The van der Waals surface area contributed by atoms with Crippen molar-refractivity contribution in [3.63, 3.8) is 0 Å². The number of imide groups is 1. The fraction of sp³-hybridized carbons (Fsp3) is 0. The van der Waals surface area contributed by atoms with Crippen molar-refractivity contribution in [2.45, 2.75) is 0 Å². The second kappa shape index (κ2) is 4.74. The van der Waals surface area contributed by atoms with E-state index in [1.807, 2.05) is 0 Å². The molecule has 0 bridgehead atoms. The highest BCUT2D eigenvalue weighted by Crippen LogP contribution is 2.32. The summed E-state index contributed by atoms with van der Waals surface area (Å²) in [5.74, 6) is -1.04. The van der Waals surface area contributed by atoms with Gasteiger partial charge in [0.1, 0.15) is 6.20 Å². The van der Waals surface area contributed by atoms with Crippen molar-refractivity contribution in [3.05, 3.63) is 62.2 Å². The number of carbonyl (C=O) groups is 2. The smallest absolute Gasteiger partial charge is 0.258 e. The summed E-state index contributed by atoms with van der Waals surface area (Å²) in [5, 5.41) is 11.0. The summed E-state index contributed by atoms with van der Waals surface area (Å²) in [4.78, 5) is 38.7. The molecule has 1 aliphatic rings. The highest BCUT2D eigenvalue weighted by molar-refractivity contribution is 9.10. The van der Waals surface area contributed by atoms with E-state index >= 15 is 0 Å². The van der Waals surface area contributed by atoms with Crippen LogP contribution < -0.4 is 9.88 Å². The van der Waals surface area contributed by atoms with Gasteiger partial charge in [-0.1, -0.05) is 6.07 Å². The van der Waals surface area contributed by atoms with Crippen LogP contribution in [0.2, 0.25) is 0 Å². The van der Waals surface area contributed by atoms with Crippen LogP contribution in [-0.4, -0.2) is 16.7 Å². The van der Waals surface area contributed by atoms with E-state index in [9.17, 15) is 19.7 Å². The van der Waals surface area contributed by atoms with Gasteiger partial charge in [-0.3, -0.25) is 10.1 Å². The lowest BCUT2D eigenvalue weighted by molar-refractivity contribution is -0.385. The summed E-state index contributed by atoms with van der Waals surface area (Å²) in [6.45, 7) is 0.